The minimum Gasteiger partial charge on any atom is -0.468 e. The van der Waals surface area contributed by atoms with Gasteiger partial charge in [-0.05, 0) is 37.6 Å². The summed E-state index contributed by atoms with van der Waals surface area (Å²) >= 11 is 0. The number of hydrogen-bond donors (Lipinski definition) is 2. The highest BCUT2D eigenvalue weighted by Crippen LogP contribution is 2.20. The number of ether oxygens (including phenoxy) is 1. The largest absolute Gasteiger partial charge is 0.468 e. The smallest absolute Gasteiger partial charge is 0.422 e. The minimum absolute atomic E-state index is 0.0826. The van der Waals surface area contributed by atoms with Crippen LogP contribution in [-0.2, 0) is 11.3 Å². The summed E-state index contributed by atoms with van der Waals surface area (Å²) in [5, 5.41) is 5.62. The molecule has 2 aromatic heterocycles. The Bertz CT molecular complexity index is 858. The molecule has 10 heteroatoms. The number of hydrogen-bond acceptors (Lipinski definition) is 6. The second kappa shape index (κ2) is 11.7. The molecule has 2 aromatic rings. The lowest BCUT2D eigenvalue weighted by atomic mass is 10.2. The SMILES string of the molecule is CCC=O.CNc1cc(C(=O)NCc2cnc(OCC(F)(F)F)c(C)c2)cc(C)n1. The zero-order valence-electron chi connectivity index (χ0n) is 17.3. The summed E-state index contributed by atoms with van der Waals surface area (Å²) in [5.74, 6) is 0.210. The number of anilines is 1. The molecule has 1 amide bonds. The summed E-state index contributed by atoms with van der Waals surface area (Å²) in [6, 6.07) is 4.91. The average Bonchev–Trinajstić information content (AvgIpc) is 2.70. The number of alkyl halides is 3. The van der Waals surface area contributed by atoms with Crippen molar-refractivity contribution in [3.63, 3.8) is 0 Å². The molecule has 0 bridgehead atoms. The standard InChI is InChI=1S/C17H19F3N4O2.C3H6O/c1-10-4-12(8-23-16(10)26-9-17(18,19)20)7-22-15(25)13-5-11(2)24-14(6-13)21-3;1-2-3-4/h4-6,8H,7,9H2,1-3H3,(H,21,24)(H,22,25);3H,2H2,1H3. The number of amides is 1. The molecule has 7 nitrogen and oxygen atoms in total. The first-order chi connectivity index (χ1) is 14.1. The predicted octanol–water partition coefficient (Wildman–Crippen LogP) is 3.60. The van der Waals surface area contributed by atoms with Gasteiger partial charge in [-0.15, -0.1) is 0 Å². The number of aryl methyl sites for hydroxylation is 2. The van der Waals surface area contributed by atoms with Crippen molar-refractivity contribution in [3.8, 4) is 5.88 Å². The third-order valence-electron chi connectivity index (χ3n) is 3.55. The van der Waals surface area contributed by atoms with Crippen LogP contribution in [-0.4, -0.2) is 42.0 Å². The van der Waals surface area contributed by atoms with E-state index in [1.54, 1.807) is 39.1 Å². The fourth-order valence-electron chi connectivity index (χ4n) is 2.23. The third kappa shape index (κ3) is 8.89. The molecule has 0 unspecified atom stereocenters. The van der Waals surface area contributed by atoms with Crippen LogP contribution in [0.15, 0.2) is 24.4 Å². The normalized spacial score (nSPS) is 10.5. The van der Waals surface area contributed by atoms with Crippen molar-refractivity contribution in [2.24, 2.45) is 0 Å². The molecule has 0 fully saturated rings. The van der Waals surface area contributed by atoms with Crippen molar-refractivity contribution >= 4 is 18.0 Å². The number of halogens is 3. The molecule has 0 radical (unpaired) electrons. The predicted molar refractivity (Wildman–Crippen MR) is 107 cm³/mol. The summed E-state index contributed by atoms with van der Waals surface area (Å²) in [6.45, 7) is 3.97. The summed E-state index contributed by atoms with van der Waals surface area (Å²) in [4.78, 5) is 29.5. The third-order valence-corrected chi connectivity index (χ3v) is 3.55. The molecule has 2 rings (SSSR count). The summed E-state index contributed by atoms with van der Waals surface area (Å²) < 4.78 is 41.2. The van der Waals surface area contributed by atoms with Gasteiger partial charge in [0.2, 0.25) is 5.88 Å². The second-order valence-corrected chi connectivity index (χ2v) is 6.26. The first-order valence-corrected chi connectivity index (χ1v) is 9.13. The molecule has 0 spiro atoms. The molecule has 0 saturated heterocycles. The van der Waals surface area contributed by atoms with Gasteiger partial charge in [-0.1, -0.05) is 6.92 Å². The number of carbonyl (C=O) groups is 2. The highest BCUT2D eigenvalue weighted by Gasteiger charge is 2.29. The van der Waals surface area contributed by atoms with Gasteiger partial charge in [-0.25, -0.2) is 9.97 Å². The van der Waals surface area contributed by atoms with E-state index in [0.29, 0.717) is 34.6 Å². The van der Waals surface area contributed by atoms with Gasteiger partial charge < -0.3 is 20.2 Å². The van der Waals surface area contributed by atoms with Gasteiger partial charge in [0.05, 0.1) is 0 Å². The van der Waals surface area contributed by atoms with Gasteiger partial charge in [-0.3, -0.25) is 4.79 Å². The maximum Gasteiger partial charge on any atom is 0.422 e. The Hall–Kier alpha value is -3.17. The first-order valence-electron chi connectivity index (χ1n) is 9.13. The number of pyridine rings is 2. The Kier molecular flexibility index (Phi) is 9.73. The zero-order valence-corrected chi connectivity index (χ0v) is 17.3. The minimum atomic E-state index is -4.42. The number of carbonyl (C=O) groups excluding carboxylic acids is 2. The molecule has 0 atom stereocenters. The van der Waals surface area contributed by atoms with Gasteiger partial charge >= 0.3 is 6.18 Å². The van der Waals surface area contributed by atoms with Crippen molar-refractivity contribution in [3.05, 3.63) is 46.8 Å². The maximum atomic E-state index is 12.3. The highest BCUT2D eigenvalue weighted by molar-refractivity contribution is 5.94. The van der Waals surface area contributed by atoms with Crippen molar-refractivity contribution in [1.29, 1.82) is 0 Å². The number of nitrogens with zero attached hydrogens (tertiary/aromatic N) is 2. The average molecular weight is 426 g/mol. The van der Waals surface area contributed by atoms with E-state index < -0.39 is 12.8 Å². The molecular formula is C20H25F3N4O3. The Labute approximate surface area is 173 Å². The van der Waals surface area contributed by atoms with E-state index >= 15 is 0 Å². The van der Waals surface area contributed by atoms with Crippen LogP contribution < -0.4 is 15.4 Å². The van der Waals surface area contributed by atoms with E-state index in [1.807, 2.05) is 6.92 Å². The Morgan fingerprint density at radius 3 is 2.43 bits per heavy atom. The fourth-order valence-corrected chi connectivity index (χ4v) is 2.23. The molecular weight excluding hydrogens is 401 g/mol. The van der Waals surface area contributed by atoms with Crippen LogP contribution in [0.3, 0.4) is 0 Å². The Morgan fingerprint density at radius 1 is 1.23 bits per heavy atom. The van der Waals surface area contributed by atoms with E-state index in [4.69, 9.17) is 0 Å². The molecule has 0 aliphatic heterocycles. The van der Waals surface area contributed by atoms with E-state index in [1.165, 1.54) is 6.20 Å². The van der Waals surface area contributed by atoms with Crippen LogP contribution in [0.25, 0.3) is 0 Å². The highest BCUT2D eigenvalue weighted by atomic mass is 19.4. The van der Waals surface area contributed by atoms with Crippen LogP contribution in [0, 0.1) is 13.8 Å². The topological polar surface area (TPSA) is 93.2 Å². The van der Waals surface area contributed by atoms with Crippen LogP contribution in [0.2, 0.25) is 0 Å². The van der Waals surface area contributed by atoms with Gasteiger partial charge in [0, 0.05) is 43.0 Å². The lowest BCUT2D eigenvalue weighted by Gasteiger charge is -2.12. The van der Waals surface area contributed by atoms with E-state index in [2.05, 4.69) is 25.3 Å². The molecule has 0 aromatic carbocycles. The molecule has 164 valence electrons. The van der Waals surface area contributed by atoms with E-state index in [0.717, 1.165) is 6.29 Å². The number of rotatable bonds is 7. The van der Waals surface area contributed by atoms with Crippen molar-refractivity contribution in [2.45, 2.75) is 39.9 Å². The molecule has 2 N–H and O–H groups in total. The van der Waals surface area contributed by atoms with Crippen molar-refractivity contribution < 1.29 is 27.5 Å². The lowest BCUT2D eigenvalue weighted by Crippen LogP contribution is -2.23. The molecule has 30 heavy (non-hydrogen) atoms. The number of aldehydes is 1. The number of aromatic nitrogens is 2. The first kappa shape index (κ1) is 24.9. The van der Waals surface area contributed by atoms with Gasteiger partial charge in [0.25, 0.3) is 5.91 Å². The Balaban J connectivity index is 0.00000103. The molecule has 0 aliphatic carbocycles. The second-order valence-electron chi connectivity index (χ2n) is 6.26. The summed E-state index contributed by atoms with van der Waals surface area (Å²) in [6.07, 6.45) is -1.54. The number of nitrogens with one attached hydrogen (secondary N) is 2. The monoisotopic (exact) mass is 426 g/mol. The zero-order chi connectivity index (χ0) is 22.7. The van der Waals surface area contributed by atoms with Gasteiger partial charge in [-0.2, -0.15) is 13.2 Å². The van der Waals surface area contributed by atoms with E-state index in [9.17, 15) is 22.8 Å². The fraction of sp³-hybridized carbons (Fsp3) is 0.400. The van der Waals surface area contributed by atoms with E-state index in [-0.39, 0.29) is 18.3 Å². The van der Waals surface area contributed by atoms with Crippen molar-refractivity contribution in [2.75, 3.05) is 19.0 Å². The molecule has 0 saturated carbocycles. The van der Waals surface area contributed by atoms with Crippen LogP contribution in [0.5, 0.6) is 5.88 Å². The lowest BCUT2D eigenvalue weighted by molar-refractivity contribution is -0.154. The molecule has 2 heterocycles. The van der Waals surface area contributed by atoms with Crippen LogP contribution >= 0.6 is 0 Å². The van der Waals surface area contributed by atoms with Crippen LogP contribution in [0.4, 0.5) is 19.0 Å². The van der Waals surface area contributed by atoms with Gasteiger partial charge in [0.15, 0.2) is 6.61 Å². The van der Waals surface area contributed by atoms with Gasteiger partial charge in [0.1, 0.15) is 12.1 Å². The maximum absolute atomic E-state index is 12.3. The quantitative estimate of drug-likeness (QED) is 0.657. The summed E-state index contributed by atoms with van der Waals surface area (Å²) in [5.41, 5.74) is 2.26. The molecule has 0 aliphatic rings. The van der Waals surface area contributed by atoms with Crippen molar-refractivity contribution in [1.82, 2.24) is 15.3 Å². The summed E-state index contributed by atoms with van der Waals surface area (Å²) in [7, 11) is 1.71. The van der Waals surface area contributed by atoms with Crippen LogP contribution in [0.1, 0.15) is 40.5 Å². The Morgan fingerprint density at radius 2 is 1.90 bits per heavy atom.